The summed E-state index contributed by atoms with van der Waals surface area (Å²) >= 11 is 0. The number of hydrogen-bond donors (Lipinski definition) is 1. The molecular weight excluding hydrogens is 147 g/mol. The molecule has 1 N–H and O–H groups in total. The zero-order valence-electron chi connectivity index (χ0n) is 6.39. The maximum Gasteiger partial charge on any atom is 0.171 e. The molecule has 60 valence electrons. The van der Waals surface area contributed by atoms with E-state index in [1.165, 1.54) is 26.2 Å². The van der Waals surface area contributed by atoms with Crippen LogP contribution < -0.4 is 4.74 Å². The minimum absolute atomic E-state index is 0.0525. The van der Waals surface area contributed by atoms with E-state index in [9.17, 15) is 4.39 Å². The van der Waals surface area contributed by atoms with Gasteiger partial charge in [-0.2, -0.15) is 0 Å². The molecule has 0 fully saturated rings. The van der Waals surface area contributed by atoms with Crippen molar-refractivity contribution in [2.24, 2.45) is 0 Å². The molecule has 0 atom stereocenters. The van der Waals surface area contributed by atoms with Crippen LogP contribution in [0.25, 0.3) is 0 Å². The standard InChI is InChI=1S/C8H9FO2/c1-5-6(10)3-4-7(11-2)8(5)9/h3-4,10H,1-2H3. The van der Waals surface area contributed by atoms with Crippen molar-refractivity contribution in [3.63, 3.8) is 0 Å². The molecule has 0 aromatic heterocycles. The molecule has 0 radical (unpaired) electrons. The predicted octanol–water partition coefficient (Wildman–Crippen LogP) is 1.85. The van der Waals surface area contributed by atoms with E-state index >= 15 is 0 Å². The lowest BCUT2D eigenvalue weighted by Gasteiger charge is -2.04. The lowest BCUT2D eigenvalue weighted by Crippen LogP contribution is -1.90. The Bertz CT molecular complexity index is 271. The number of phenolic OH excluding ortho intramolecular Hbond substituents is 1. The van der Waals surface area contributed by atoms with Crippen molar-refractivity contribution in [3.8, 4) is 11.5 Å². The van der Waals surface area contributed by atoms with Crippen LogP contribution in [0.5, 0.6) is 11.5 Å². The molecule has 0 heterocycles. The van der Waals surface area contributed by atoms with E-state index in [0.717, 1.165) is 0 Å². The Morgan fingerprint density at radius 1 is 1.45 bits per heavy atom. The van der Waals surface area contributed by atoms with Crippen LogP contribution in [0.1, 0.15) is 5.56 Å². The Morgan fingerprint density at radius 3 is 2.64 bits per heavy atom. The number of hydrogen-bond acceptors (Lipinski definition) is 2. The van der Waals surface area contributed by atoms with Crippen LogP contribution in [0.3, 0.4) is 0 Å². The fourth-order valence-corrected chi connectivity index (χ4v) is 0.808. The summed E-state index contributed by atoms with van der Waals surface area (Å²) in [5.41, 5.74) is 0.212. The van der Waals surface area contributed by atoms with E-state index in [4.69, 9.17) is 9.84 Å². The maximum absolute atomic E-state index is 13.0. The average Bonchev–Trinajstić information content (AvgIpc) is 2.01. The number of phenols is 1. The third kappa shape index (κ3) is 1.27. The number of rotatable bonds is 1. The van der Waals surface area contributed by atoms with Gasteiger partial charge in [0.05, 0.1) is 7.11 Å². The summed E-state index contributed by atoms with van der Waals surface area (Å²) in [5, 5.41) is 9.02. The summed E-state index contributed by atoms with van der Waals surface area (Å²) in [4.78, 5) is 0. The summed E-state index contributed by atoms with van der Waals surface area (Å²) in [6.07, 6.45) is 0. The van der Waals surface area contributed by atoms with Gasteiger partial charge in [-0.1, -0.05) is 0 Å². The number of benzene rings is 1. The second-order valence-electron chi connectivity index (χ2n) is 2.23. The van der Waals surface area contributed by atoms with E-state index in [2.05, 4.69) is 0 Å². The van der Waals surface area contributed by atoms with Gasteiger partial charge in [0.1, 0.15) is 5.75 Å². The third-order valence-corrected chi connectivity index (χ3v) is 1.54. The number of aromatic hydroxyl groups is 1. The highest BCUT2D eigenvalue weighted by atomic mass is 19.1. The van der Waals surface area contributed by atoms with E-state index in [1.54, 1.807) is 0 Å². The maximum atomic E-state index is 13.0. The van der Waals surface area contributed by atoms with Crippen molar-refractivity contribution in [1.82, 2.24) is 0 Å². The Balaban J connectivity index is 3.25. The molecule has 0 unspecified atom stereocenters. The van der Waals surface area contributed by atoms with Crippen molar-refractivity contribution in [3.05, 3.63) is 23.5 Å². The van der Waals surface area contributed by atoms with Crippen molar-refractivity contribution >= 4 is 0 Å². The normalized spacial score (nSPS) is 9.73. The van der Waals surface area contributed by atoms with Gasteiger partial charge in [-0.25, -0.2) is 4.39 Å². The second kappa shape index (κ2) is 2.78. The molecule has 0 saturated heterocycles. The molecule has 0 aliphatic carbocycles. The van der Waals surface area contributed by atoms with Gasteiger partial charge in [-0.3, -0.25) is 0 Å². The number of ether oxygens (including phenoxy) is 1. The van der Waals surface area contributed by atoms with E-state index in [0.29, 0.717) is 0 Å². The van der Waals surface area contributed by atoms with Crippen molar-refractivity contribution < 1.29 is 14.2 Å². The molecule has 0 bridgehead atoms. The molecule has 11 heavy (non-hydrogen) atoms. The first-order valence-corrected chi connectivity index (χ1v) is 3.19. The zero-order chi connectivity index (χ0) is 8.43. The molecule has 1 aromatic carbocycles. The fourth-order valence-electron chi connectivity index (χ4n) is 0.808. The van der Waals surface area contributed by atoms with Crippen LogP contribution in [0.2, 0.25) is 0 Å². The Hall–Kier alpha value is -1.25. The second-order valence-corrected chi connectivity index (χ2v) is 2.23. The molecule has 0 spiro atoms. The highest BCUT2D eigenvalue weighted by Crippen LogP contribution is 2.26. The van der Waals surface area contributed by atoms with Gasteiger partial charge >= 0.3 is 0 Å². The lowest BCUT2D eigenvalue weighted by atomic mass is 10.2. The Morgan fingerprint density at radius 2 is 2.09 bits per heavy atom. The first-order chi connectivity index (χ1) is 5.16. The molecule has 1 aromatic rings. The third-order valence-electron chi connectivity index (χ3n) is 1.54. The number of halogens is 1. The summed E-state index contributed by atoms with van der Waals surface area (Å²) in [5.74, 6) is -0.406. The summed E-state index contributed by atoms with van der Waals surface area (Å²) in [6.45, 7) is 1.49. The quantitative estimate of drug-likeness (QED) is 0.672. The van der Waals surface area contributed by atoms with Crippen molar-refractivity contribution in [2.75, 3.05) is 7.11 Å². The molecule has 0 aliphatic heterocycles. The van der Waals surface area contributed by atoms with Gasteiger partial charge in [0.2, 0.25) is 0 Å². The lowest BCUT2D eigenvalue weighted by molar-refractivity contribution is 0.380. The molecule has 0 saturated carbocycles. The fraction of sp³-hybridized carbons (Fsp3) is 0.250. The van der Waals surface area contributed by atoms with Gasteiger partial charge in [0, 0.05) is 5.56 Å². The van der Waals surface area contributed by atoms with Crippen LogP contribution >= 0.6 is 0 Å². The monoisotopic (exact) mass is 156 g/mol. The molecule has 0 aliphatic rings. The number of methoxy groups -OCH3 is 1. The molecule has 3 heteroatoms. The molecular formula is C8H9FO2. The van der Waals surface area contributed by atoms with Crippen LogP contribution in [0, 0.1) is 12.7 Å². The van der Waals surface area contributed by atoms with E-state index < -0.39 is 5.82 Å². The molecule has 1 rings (SSSR count). The van der Waals surface area contributed by atoms with E-state index in [-0.39, 0.29) is 17.1 Å². The Labute approximate surface area is 64.2 Å². The highest BCUT2D eigenvalue weighted by Gasteiger charge is 2.08. The van der Waals surface area contributed by atoms with Crippen LogP contribution in [-0.2, 0) is 0 Å². The van der Waals surface area contributed by atoms with Gasteiger partial charge < -0.3 is 9.84 Å². The SMILES string of the molecule is COc1ccc(O)c(C)c1F. The van der Waals surface area contributed by atoms with Crippen LogP contribution in [0.4, 0.5) is 4.39 Å². The Kier molecular flexibility index (Phi) is 1.98. The highest BCUT2D eigenvalue weighted by molar-refractivity contribution is 5.39. The van der Waals surface area contributed by atoms with Crippen molar-refractivity contribution in [1.29, 1.82) is 0 Å². The van der Waals surface area contributed by atoms with Crippen LogP contribution in [-0.4, -0.2) is 12.2 Å². The predicted molar refractivity (Wildman–Crippen MR) is 39.4 cm³/mol. The van der Waals surface area contributed by atoms with Gasteiger partial charge in [0.25, 0.3) is 0 Å². The first-order valence-electron chi connectivity index (χ1n) is 3.19. The van der Waals surface area contributed by atoms with Gasteiger partial charge in [-0.15, -0.1) is 0 Å². The minimum atomic E-state index is -0.507. The molecule has 2 nitrogen and oxygen atoms in total. The van der Waals surface area contributed by atoms with Gasteiger partial charge in [-0.05, 0) is 19.1 Å². The summed E-state index contributed by atoms with van der Waals surface area (Å²) in [6, 6.07) is 2.79. The zero-order valence-corrected chi connectivity index (χ0v) is 6.39. The minimum Gasteiger partial charge on any atom is -0.508 e. The first kappa shape index (κ1) is 7.85. The smallest absolute Gasteiger partial charge is 0.171 e. The van der Waals surface area contributed by atoms with E-state index in [1.807, 2.05) is 0 Å². The van der Waals surface area contributed by atoms with Gasteiger partial charge in [0.15, 0.2) is 11.6 Å². The summed E-state index contributed by atoms with van der Waals surface area (Å²) in [7, 11) is 1.38. The topological polar surface area (TPSA) is 29.5 Å². The summed E-state index contributed by atoms with van der Waals surface area (Å²) < 4.78 is 17.7. The molecule has 0 amide bonds. The van der Waals surface area contributed by atoms with Crippen LogP contribution in [0.15, 0.2) is 12.1 Å². The largest absolute Gasteiger partial charge is 0.508 e. The average molecular weight is 156 g/mol. The van der Waals surface area contributed by atoms with Crippen molar-refractivity contribution in [2.45, 2.75) is 6.92 Å².